The van der Waals surface area contributed by atoms with Crippen LogP contribution in [0.4, 0.5) is 16.3 Å². The molecule has 1 aromatic carbocycles. The SMILES string of the molecule is Cn1cc(-c2ccc3c(c2)CCCN3c2nn(C3CCOCC3)c3c2CN(C(=O)O)CC3)cn1. The van der Waals surface area contributed by atoms with Gasteiger partial charge in [0.1, 0.15) is 0 Å². The number of rotatable bonds is 3. The lowest BCUT2D eigenvalue weighted by atomic mass is 9.96. The zero-order chi connectivity index (χ0) is 23.2. The molecule has 9 heteroatoms. The first-order valence-corrected chi connectivity index (χ1v) is 12.1. The Kier molecular flexibility index (Phi) is 5.28. The van der Waals surface area contributed by atoms with Crippen LogP contribution in [-0.4, -0.2) is 62.0 Å². The molecule has 0 unspecified atom stereocenters. The first kappa shape index (κ1) is 21.2. The van der Waals surface area contributed by atoms with E-state index in [0.717, 1.165) is 62.4 Å². The van der Waals surface area contributed by atoms with Crippen LogP contribution in [0.3, 0.4) is 0 Å². The third-order valence-corrected chi connectivity index (χ3v) is 7.36. The molecule has 178 valence electrons. The van der Waals surface area contributed by atoms with Crippen molar-refractivity contribution in [3.8, 4) is 11.1 Å². The van der Waals surface area contributed by atoms with Crippen molar-refractivity contribution >= 4 is 17.6 Å². The van der Waals surface area contributed by atoms with Gasteiger partial charge in [-0.3, -0.25) is 9.36 Å². The minimum atomic E-state index is -0.865. The summed E-state index contributed by atoms with van der Waals surface area (Å²) in [6.45, 7) is 3.28. The predicted octanol–water partition coefficient (Wildman–Crippen LogP) is 3.76. The van der Waals surface area contributed by atoms with E-state index in [4.69, 9.17) is 9.84 Å². The van der Waals surface area contributed by atoms with E-state index in [0.29, 0.717) is 25.6 Å². The third-order valence-electron chi connectivity index (χ3n) is 7.36. The Balaban J connectivity index is 1.41. The number of hydrogen-bond acceptors (Lipinski definition) is 5. The van der Waals surface area contributed by atoms with E-state index in [-0.39, 0.29) is 0 Å². The molecular weight excluding hydrogens is 432 g/mol. The summed E-state index contributed by atoms with van der Waals surface area (Å²) in [4.78, 5) is 15.6. The van der Waals surface area contributed by atoms with Crippen LogP contribution in [0.15, 0.2) is 30.6 Å². The fraction of sp³-hybridized carbons (Fsp3) is 0.480. The van der Waals surface area contributed by atoms with Gasteiger partial charge in [-0.05, 0) is 48.9 Å². The van der Waals surface area contributed by atoms with Crippen LogP contribution in [0.1, 0.15) is 42.1 Å². The van der Waals surface area contributed by atoms with Crippen LogP contribution in [0.25, 0.3) is 11.1 Å². The van der Waals surface area contributed by atoms with E-state index >= 15 is 0 Å². The van der Waals surface area contributed by atoms with Gasteiger partial charge in [0.15, 0.2) is 5.82 Å². The van der Waals surface area contributed by atoms with E-state index in [1.165, 1.54) is 27.4 Å². The van der Waals surface area contributed by atoms with Crippen molar-refractivity contribution in [2.45, 2.75) is 44.7 Å². The van der Waals surface area contributed by atoms with Crippen LogP contribution >= 0.6 is 0 Å². The number of aromatic nitrogens is 4. The van der Waals surface area contributed by atoms with Crippen LogP contribution < -0.4 is 4.90 Å². The van der Waals surface area contributed by atoms with Gasteiger partial charge in [0.25, 0.3) is 0 Å². The lowest BCUT2D eigenvalue weighted by Crippen LogP contribution is -2.36. The van der Waals surface area contributed by atoms with Gasteiger partial charge < -0.3 is 19.6 Å². The van der Waals surface area contributed by atoms with Crippen molar-refractivity contribution in [2.75, 3.05) is 31.2 Å². The summed E-state index contributed by atoms with van der Waals surface area (Å²) >= 11 is 0. The number of carboxylic acid groups (broad SMARTS) is 1. The first-order chi connectivity index (χ1) is 16.6. The van der Waals surface area contributed by atoms with Crippen molar-refractivity contribution in [3.05, 3.63) is 47.4 Å². The number of anilines is 2. The lowest BCUT2D eigenvalue weighted by Gasteiger charge is -2.32. The number of carbonyl (C=O) groups is 1. The van der Waals surface area contributed by atoms with Gasteiger partial charge in [-0.25, -0.2) is 4.79 Å². The Morgan fingerprint density at radius 3 is 2.76 bits per heavy atom. The van der Waals surface area contributed by atoms with E-state index in [1.807, 2.05) is 24.1 Å². The van der Waals surface area contributed by atoms with Gasteiger partial charge in [0, 0.05) is 68.5 Å². The third kappa shape index (κ3) is 3.64. The van der Waals surface area contributed by atoms with Gasteiger partial charge in [-0.15, -0.1) is 0 Å². The summed E-state index contributed by atoms with van der Waals surface area (Å²) in [5.41, 5.74) is 7.00. The fourth-order valence-electron chi connectivity index (χ4n) is 5.61. The molecule has 0 saturated carbocycles. The Bertz CT molecular complexity index is 1230. The Morgan fingerprint density at radius 2 is 2.00 bits per heavy atom. The summed E-state index contributed by atoms with van der Waals surface area (Å²) < 4.78 is 9.61. The molecular formula is C25H30N6O3. The molecule has 0 spiro atoms. The Hall–Kier alpha value is -3.33. The minimum Gasteiger partial charge on any atom is -0.465 e. The number of amides is 1. The van der Waals surface area contributed by atoms with E-state index in [9.17, 15) is 9.90 Å². The average Bonchev–Trinajstić information content (AvgIpc) is 3.47. The van der Waals surface area contributed by atoms with Gasteiger partial charge >= 0.3 is 6.09 Å². The van der Waals surface area contributed by atoms with Crippen molar-refractivity contribution in [2.24, 2.45) is 7.05 Å². The number of hydrogen-bond donors (Lipinski definition) is 1. The Morgan fingerprint density at radius 1 is 1.15 bits per heavy atom. The van der Waals surface area contributed by atoms with Gasteiger partial charge in [-0.2, -0.15) is 10.2 Å². The first-order valence-electron chi connectivity index (χ1n) is 12.1. The number of fused-ring (bicyclic) bond motifs is 2. The fourth-order valence-corrected chi connectivity index (χ4v) is 5.61. The highest BCUT2D eigenvalue weighted by Crippen LogP contribution is 2.40. The van der Waals surface area contributed by atoms with Crippen LogP contribution in [0.2, 0.25) is 0 Å². The lowest BCUT2D eigenvalue weighted by molar-refractivity contribution is 0.0650. The summed E-state index contributed by atoms with van der Waals surface area (Å²) in [6, 6.07) is 6.92. The summed E-state index contributed by atoms with van der Waals surface area (Å²) in [7, 11) is 1.93. The molecule has 2 aromatic heterocycles. The number of benzene rings is 1. The second-order valence-corrected chi connectivity index (χ2v) is 9.49. The van der Waals surface area contributed by atoms with Gasteiger partial charge in [0.05, 0.1) is 18.8 Å². The molecule has 3 aliphatic heterocycles. The molecule has 34 heavy (non-hydrogen) atoms. The molecule has 0 atom stereocenters. The number of ether oxygens (including phenoxy) is 1. The standard InChI is InChI=1S/C25H30N6O3/c1-28-15-19(14-26-28)17-4-5-22-18(13-17)3-2-9-30(22)24-21-16-29(25(32)33)10-6-23(21)31(27-24)20-7-11-34-12-8-20/h4-5,13-15,20H,2-3,6-12,16H2,1H3,(H,32,33). The molecule has 0 radical (unpaired) electrons. The van der Waals surface area contributed by atoms with Crippen molar-refractivity contribution in [1.82, 2.24) is 24.5 Å². The molecule has 6 rings (SSSR count). The van der Waals surface area contributed by atoms with Crippen molar-refractivity contribution in [3.63, 3.8) is 0 Å². The summed E-state index contributed by atoms with van der Waals surface area (Å²) in [5.74, 6) is 0.919. The topological polar surface area (TPSA) is 88.7 Å². The maximum Gasteiger partial charge on any atom is 0.407 e. The average molecular weight is 463 g/mol. The molecule has 9 nitrogen and oxygen atoms in total. The van der Waals surface area contributed by atoms with E-state index in [1.54, 1.807) is 0 Å². The van der Waals surface area contributed by atoms with E-state index in [2.05, 4.69) is 32.9 Å². The number of nitrogens with zero attached hydrogens (tertiary/aromatic N) is 6. The normalized spacial score (nSPS) is 18.6. The molecule has 1 N–H and O–H groups in total. The molecule has 3 aromatic rings. The monoisotopic (exact) mass is 462 g/mol. The summed E-state index contributed by atoms with van der Waals surface area (Å²) in [6.07, 6.45) is 7.71. The molecule has 3 aliphatic rings. The summed E-state index contributed by atoms with van der Waals surface area (Å²) in [5, 5.41) is 19.2. The van der Waals surface area contributed by atoms with Crippen molar-refractivity contribution in [1.29, 1.82) is 0 Å². The van der Waals surface area contributed by atoms with Crippen LogP contribution in [-0.2, 0) is 31.2 Å². The zero-order valence-electron chi connectivity index (χ0n) is 19.5. The second-order valence-electron chi connectivity index (χ2n) is 9.49. The molecule has 0 aliphatic carbocycles. The smallest absolute Gasteiger partial charge is 0.407 e. The highest BCUT2D eigenvalue weighted by molar-refractivity contribution is 5.74. The molecule has 1 amide bonds. The molecule has 1 fully saturated rings. The predicted molar refractivity (Wildman–Crippen MR) is 127 cm³/mol. The number of aryl methyl sites for hydroxylation is 2. The van der Waals surface area contributed by atoms with Crippen LogP contribution in [0.5, 0.6) is 0 Å². The molecule has 0 bridgehead atoms. The highest BCUT2D eigenvalue weighted by atomic mass is 16.5. The maximum absolute atomic E-state index is 11.8. The Labute approximate surface area is 198 Å². The van der Waals surface area contributed by atoms with Crippen LogP contribution in [0, 0.1) is 0 Å². The van der Waals surface area contributed by atoms with Gasteiger partial charge in [0.2, 0.25) is 0 Å². The quantitative estimate of drug-likeness (QED) is 0.638. The zero-order valence-corrected chi connectivity index (χ0v) is 19.5. The second kappa shape index (κ2) is 8.47. The van der Waals surface area contributed by atoms with E-state index < -0.39 is 6.09 Å². The van der Waals surface area contributed by atoms with Gasteiger partial charge in [-0.1, -0.05) is 6.07 Å². The highest BCUT2D eigenvalue weighted by Gasteiger charge is 2.33. The van der Waals surface area contributed by atoms with Crippen molar-refractivity contribution < 1.29 is 14.6 Å². The minimum absolute atomic E-state index is 0.310. The maximum atomic E-state index is 11.8. The largest absolute Gasteiger partial charge is 0.465 e. The molecule has 5 heterocycles. The molecule has 1 saturated heterocycles.